The summed E-state index contributed by atoms with van der Waals surface area (Å²) in [5, 5.41) is 2.98. The van der Waals surface area contributed by atoms with Crippen molar-refractivity contribution in [1.82, 2.24) is 0 Å². The second-order valence-electron chi connectivity index (χ2n) is 3.25. The van der Waals surface area contributed by atoms with Gasteiger partial charge in [0.15, 0.2) is 0 Å². The second-order valence-corrected chi connectivity index (χ2v) is 4.64. The highest BCUT2D eigenvalue weighted by Gasteiger charge is 2.13. The number of rotatable bonds is 5. The van der Waals surface area contributed by atoms with Crippen LogP contribution < -0.4 is 5.32 Å². The molecule has 0 fully saturated rings. The van der Waals surface area contributed by atoms with Crippen molar-refractivity contribution in [3.8, 4) is 0 Å². The quantitative estimate of drug-likeness (QED) is 0.599. The lowest BCUT2D eigenvalue weighted by molar-refractivity contribution is 0.483. The monoisotopic (exact) mass is 229 g/mol. The van der Waals surface area contributed by atoms with E-state index in [1.54, 1.807) is 18.2 Å². The molecule has 0 amide bonds. The van der Waals surface area contributed by atoms with Crippen molar-refractivity contribution in [3.05, 3.63) is 24.3 Å². The van der Waals surface area contributed by atoms with Crippen LogP contribution in [0.4, 0.5) is 5.69 Å². The highest BCUT2D eigenvalue weighted by Crippen LogP contribution is 2.20. The van der Waals surface area contributed by atoms with Gasteiger partial charge in [-0.05, 0) is 18.6 Å². The first-order chi connectivity index (χ1) is 7.05. The predicted molar refractivity (Wildman–Crippen MR) is 59.7 cm³/mol. The fourth-order valence-electron chi connectivity index (χ4n) is 1.24. The van der Waals surface area contributed by atoms with Gasteiger partial charge in [0, 0.05) is 6.54 Å². The Morgan fingerprint density at radius 1 is 1.33 bits per heavy atom. The minimum absolute atomic E-state index is 0.0684. The summed E-state index contributed by atoms with van der Waals surface area (Å²) < 4.78 is 31.0. The summed E-state index contributed by atoms with van der Waals surface area (Å²) in [5.74, 6) is 0. The van der Waals surface area contributed by atoms with Crippen LogP contribution in [0.1, 0.15) is 19.8 Å². The molecule has 0 aliphatic heterocycles. The molecule has 0 aromatic heterocycles. The molecule has 0 atom stereocenters. The third-order valence-electron chi connectivity index (χ3n) is 2.01. The molecule has 0 radical (unpaired) electrons. The van der Waals surface area contributed by atoms with Crippen molar-refractivity contribution in [1.29, 1.82) is 0 Å². The van der Waals surface area contributed by atoms with E-state index < -0.39 is 10.1 Å². The number of benzene rings is 1. The van der Waals surface area contributed by atoms with Crippen LogP contribution in [0.3, 0.4) is 0 Å². The SMILES string of the molecule is CCCCNc1ccccc1S(=O)(=O)O. The van der Waals surface area contributed by atoms with Gasteiger partial charge in [-0.15, -0.1) is 0 Å². The zero-order chi connectivity index (χ0) is 11.3. The van der Waals surface area contributed by atoms with Crippen molar-refractivity contribution in [2.24, 2.45) is 0 Å². The number of anilines is 1. The van der Waals surface area contributed by atoms with Gasteiger partial charge in [0.1, 0.15) is 4.90 Å². The molecule has 0 unspecified atom stereocenters. The molecule has 15 heavy (non-hydrogen) atoms. The molecule has 4 nitrogen and oxygen atoms in total. The second kappa shape index (κ2) is 5.14. The maximum absolute atomic E-state index is 11.0. The van der Waals surface area contributed by atoms with Crippen molar-refractivity contribution >= 4 is 15.8 Å². The molecule has 1 rings (SSSR count). The molecule has 84 valence electrons. The number of hydrogen-bond donors (Lipinski definition) is 2. The van der Waals surface area contributed by atoms with Crippen LogP contribution in [0.2, 0.25) is 0 Å². The number of para-hydroxylation sites is 1. The topological polar surface area (TPSA) is 66.4 Å². The summed E-state index contributed by atoms with van der Waals surface area (Å²) in [6.45, 7) is 2.75. The summed E-state index contributed by atoms with van der Waals surface area (Å²) in [7, 11) is -4.13. The summed E-state index contributed by atoms with van der Waals surface area (Å²) in [6.07, 6.45) is 1.99. The van der Waals surface area contributed by atoms with Crippen LogP contribution in [0.25, 0.3) is 0 Å². The Hall–Kier alpha value is -1.07. The van der Waals surface area contributed by atoms with E-state index in [0.717, 1.165) is 12.8 Å². The fraction of sp³-hybridized carbons (Fsp3) is 0.400. The largest absolute Gasteiger partial charge is 0.384 e. The van der Waals surface area contributed by atoms with Gasteiger partial charge in [0.2, 0.25) is 0 Å². The van der Waals surface area contributed by atoms with Crippen LogP contribution in [0.5, 0.6) is 0 Å². The number of nitrogens with one attached hydrogen (secondary N) is 1. The van der Waals surface area contributed by atoms with E-state index in [4.69, 9.17) is 4.55 Å². The van der Waals surface area contributed by atoms with Crippen molar-refractivity contribution < 1.29 is 13.0 Å². The molecule has 0 bridgehead atoms. The molecular weight excluding hydrogens is 214 g/mol. The number of hydrogen-bond acceptors (Lipinski definition) is 3. The van der Waals surface area contributed by atoms with Crippen molar-refractivity contribution in [2.75, 3.05) is 11.9 Å². The fourth-order valence-corrected chi connectivity index (χ4v) is 1.91. The van der Waals surface area contributed by atoms with Gasteiger partial charge in [-0.3, -0.25) is 4.55 Å². The van der Waals surface area contributed by atoms with Gasteiger partial charge in [0.05, 0.1) is 5.69 Å². The summed E-state index contributed by atoms with van der Waals surface area (Å²) in [6, 6.07) is 6.32. The van der Waals surface area contributed by atoms with E-state index in [0.29, 0.717) is 12.2 Å². The lowest BCUT2D eigenvalue weighted by Crippen LogP contribution is -2.07. The maximum atomic E-state index is 11.0. The highest BCUT2D eigenvalue weighted by molar-refractivity contribution is 7.86. The lowest BCUT2D eigenvalue weighted by Gasteiger charge is -2.08. The van der Waals surface area contributed by atoms with E-state index in [1.807, 2.05) is 0 Å². The maximum Gasteiger partial charge on any atom is 0.296 e. The molecule has 0 heterocycles. The van der Waals surface area contributed by atoms with Gasteiger partial charge in [-0.1, -0.05) is 25.5 Å². The van der Waals surface area contributed by atoms with Crippen LogP contribution in [-0.2, 0) is 10.1 Å². The molecule has 5 heteroatoms. The molecule has 0 aliphatic carbocycles. The first-order valence-electron chi connectivity index (χ1n) is 4.86. The Labute approximate surface area is 90.1 Å². The standard InChI is InChI=1S/C10H15NO3S/c1-2-3-8-11-9-6-4-5-7-10(9)15(12,13)14/h4-7,11H,2-3,8H2,1H3,(H,12,13,14). The summed E-state index contributed by atoms with van der Waals surface area (Å²) in [4.78, 5) is -0.0684. The highest BCUT2D eigenvalue weighted by atomic mass is 32.2. The molecule has 0 saturated heterocycles. The third kappa shape index (κ3) is 3.53. The molecule has 0 saturated carbocycles. The van der Waals surface area contributed by atoms with Gasteiger partial charge in [-0.25, -0.2) is 0 Å². The molecule has 2 N–H and O–H groups in total. The molecule has 1 aromatic carbocycles. The molecule has 0 aliphatic rings. The minimum Gasteiger partial charge on any atom is -0.384 e. The normalized spacial score (nSPS) is 11.3. The minimum atomic E-state index is -4.13. The first-order valence-corrected chi connectivity index (χ1v) is 6.30. The molecule has 0 spiro atoms. The van der Waals surface area contributed by atoms with Crippen molar-refractivity contribution in [2.45, 2.75) is 24.7 Å². The van der Waals surface area contributed by atoms with E-state index in [1.165, 1.54) is 6.07 Å². The summed E-state index contributed by atoms with van der Waals surface area (Å²) in [5.41, 5.74) is 0.452. The Morgan fingerprint density at radius 2 is 2.00 bits per heavy atom. The van der Waals surface area contributed by atoms with E-state index in [9.17, 15) is 8.42 Å². The smallest absolute Gasteiger partial charge is 0.296 e. The Bertz CT molecular complexity index is 414. The van der Waals surface area contributed by atoms with Crippen LogP contribution >= 0.6 is 0 Å². The lowest BCUT2D eigenvalue weighted by atomic mass is 10.3. The Kier molecular flexibility index (Phi) is 4.11. The van der Waals surface area contributed by atoms with E-state index >= 15 is 0 Å². The van der Waals surface area contributed by atoms with E-state index in [-0.39, 0.29) is 4.90 Å². The van der Waals surface area contributed by atoms with Gasteiger partial charge in [0.25, 0.3) is 10.1 Å². The number of unbranched alkanes of at least 4 members (excludes halogenated alkanes) is 1. The average Bonchev–Trinajstić information content (AvgIpc) is 2.17. The van der Waals surface area contributed by atoms with Gasteiger partial charge < -0.3 is 5.32 Å². The van der Waals surface area contributed by atoms with Crippen LogP contribution in [0.15, 0.2) is 29.2 Å². The average molecular weight is 229 g/mol. The zero-order valence-electron chi connectivity index (χ0n) is 8.60. The molecule has 1 aromatic rings. The zero-order valence-corrected chi connectivity index (χ0v) is 9.42. The van der Waals surface area contributed by atoms with Gasteiger partial charge >= 0.3 is 0 Å². The Balaban J connectivity index is 2.88. The third-order valence-corrected chi connectivity index (χ3v) is 2.92. The first kappa shape index (κ1) is 12.0. The van der Waals surface area contributed by atoms with Crippen LogP contribution in [-0.4, -0.2) is 19.5 Å². The Morgan fingerprint density at radius 3 is 2.60 bits per heavy atom. The van der Waals surface area contributed by atoms with E-state index in [2.05, 4.69) is 12.2 Å². The molecular formula is C10H15NO3S. The predicted octanol–water partition coefficient (Wildman–Crippen LogP) is 2.15. The van der Waals surface area contributed by atoms with Crippen molar-refractivity contribution in [3.63, 3.8) is 0 Å². The summed E-state index contributed by atoms with van der Waals surface area (Å²) >= 11 is 0. The van der Waals surface area contributed by atoms with Gasteiger partial charge in [-0.2, -0.15) is 8.42 Å². The van der Waals surface area contributed by atoms with Crippen LogP contribution in [0, 0.1) is 0 Å².